The Morgan fingerprint density at radius 3 is 2.05 bits per heavy atom. The van der Waals surface area contributed by atoms with E-state index in [4.69, 9.17) is 4.74 Å². The zero-order valence-electron chi connectivity index (χ0n) is 23.6. The van der Waals surface area contributed by atoms with Crippen molar-refractivity contribution in [2.45, 2.75) is 128 Å². The number of carbonyl (C=O) groups excluding carboxylic acids is 4. The molecule has 1 amide bonds. The molecular formula is C32H46NO6-. The van der Waals surface area contributed by atoms with Crippen LogP contribution in [0.2, 0.25) is 0 Å². The van der Waals surface area contributed by atoms with E-state index in [9.17, 15) is 24.3 Å². The molecule has 0 aromatic heterocycles. The highest BCUT2D eigenvalue weighted by Crippen LogP contribution is 2.47. The fourth-order valence-electron chi connectivity index (χ4n) is 8.73. The van der Waals surface area contributed by atoms with Gasteiger partial charge in [0.2, 0.25) is 5.91 Å². The number of rotatable bonds is 7. The first kappa shape index (κ1) is 28.4. The molecule has 4 aliphatic carbocycles. The van der Waals surface area contributed by atoms with Crippen LogP contribution in [0.3, 0.4) is 0 Å². The smallest absolute Gasteiger partial charge is 0.309 e. The zero-order chi connectivity index (χ0) is 27.5. The SMILES string of the molecule is CC(=O)C1CCCCC1NC(=O)/C([O-])=C(/C(=O)C1CCCCC1C1CCCCC1)[C@@H]1OC(=O)C2CCCCC21. The Morgan fingerprint density at radius 1 is 0.744 bits per heavy atom. The first-order chi connectivity index (χ1) is 18.9. The van der Waals surface area contributed by atoms with Crippen molar-refractivity contribution in [1.29, 1.82) is 0 Å². The molecule has 7 nitrogen and oxygen atoms in total. The third-order valence-corrected chi connectivity index (χ3v) is 10.8. The van der Waals surface area contributed by atoms with E-state index in [2.05, 4.69) is 5.32 Å². The molecule has 1 aliphatic heterocycles. The molecule has 0 radical (unpaired) electrons. The molecule has 0 aromatic rings. The highest BCUT2D eigenvalue weighted by Gasteiger charge is 2.50. The molecule has 6 unspecified atom stereocenters. The topological polar surface area (TPSA) is 113 Å². The number of hydrogen-bond acceptors (Lipinski definition) is 6. The van der Waals surface area contributed by atoms with E-state index in [1.807, 2.05) is 0 Å². The molecule has 216 valence electrons. The maximum Gasteiger partial charge on any atom is 0.309 e. The Balaban J connectivity index is 1.47. The second-order valence-corrected chi connectivity index (χ2v) is 13.1. The largest absolute Gasteiger partial charge is 0.868 e. The molecule has 7 heteroatoms. The van der Waals surface area contributed by atoms with E-state index < -0.39 is 23.8 Å². The molecule has 7 atom stereocenters. The van der Waals surface area contributed by atoms with Crippen molar-refractivity contribution in [3.63, 3.8) is 0 Å². The lowest BCUT2D eigenvalue weighted by Crippen LogP contribution is -2.48. The molecule has 1 saturated heterocycles. The lowest BCUT2D eigenvalue weighted by Gasteiger charge is -2.40. The van der Waals surface area contributed by atoms with Crippen molar-refractivity contribution >= 4 is 23.4 Å². The summed E-state index contributed by atoms with van der Waals surface area (Å²) < 4.78 is 5.83. The Bertz CT molecular complexity index is 981. The molecule has 4 saturated carbocycles. The van der Waals surface area contributed by atoms with Crippen molar-refractivity contribution in [3.8, 4) is 0 Å². The summed E-state index contributed by atoms with van der Waals surface area (Å²) in [6.07, 6.45) is 15.1. The number of esters is 1. The van der Waals surface area contributed by atoms with Gasteiger partial charge in [0.15, 0.2) is 5.78 Å². The molecule has 1 heterocycles. The van der Waals surface area contributed by atoms with Gasteiger partial charge in [-0.05, 0) is 63.0 Å². The van der Waals surface area contributed by atoms with Gasteiger partial charge in [0.1, 0.15) is 11.9 Å². The van der Waals surface area contributed by atoms with Gasteiger partial charge in [-0.25, -0.2) is 0 Å². The van der Waals surface area contributed by atoms with Crippen LogP contribution in [0.4, 0.5) is 0 Å². The number of cyclic esters (lactones) is 1. The predicted octanol–water partition coefficient (Wildman–Crippen LogP) is 4.55. The van der Waals surface area contributed by atoms with Crippen LogP contribution >= 0.6 is 0 Å². The van der Waals surface area contributed by atoms with E-state index in [1.165, 1.54) is 26.2 Å². The fraction of sp³-hybridized carbons (Fsp3) is 0.812. The standard InChI is InChI=1S/C32H47NO6/c1-19(34)21-13-9-10-18-26(21)33-31(37)29(36)27(30-24-16-7-8-17-25(24)32(38)39-30)28(35)23-15-6-5-14-22(23)20-11-3-2-4-12-20/h20-26,30,36H,2-18H2,1H3,(H,33,37)/p-1/b29-27+/t21?,22?,23?,24?,25?,26?,30-/m1/s1. The summed E-state index contributed by atoms with van der Waals surface area (Å²) in [6, 6.07) is -0.401. The monoisotopic (exact) mass is 540 g/mol. The number of ether oxygens (including phenoxy) is 1. The Morgan fingerprint density at radius 2 is 1.33 bits per heavy atom. The van der Waals surface area contributed by atoms with Gasteiger partial charge in [0, 0.05) is 29.4 Å². The molecule has 5 rings (SSSR count). The van der Waals surface area contributed by atoms with Crippen LogP contribution in [0, 0.1) is 35.5 Å². The van der Waals surface area contributed by atoms with Gasteiger partial charge in [0.05, 0.1) is 5.92 Å². The first-order valence-corrected chi connectivity index (χ1v) is 15.8. The molecule has 5 aliphatic rings. The fourth-order valence-corrected chi connectivity index (χ4v) is 8.73. The van der Waals surface area contributed by atoms with Gasteiger partial charge >= 0.3 is 5.97 Å². The molecule has 0 aromatic carbocycles. The van der Waals surface area contributed by atoms with E-state index in [0.717, 1.165) is 70.6 Å². The van der Waals surface area contributed by atoms with Gasteiger partial charge in [-0.15, -0.1) is 0 Å². The van der Waals surface area contributed by atoms with Gasteiger partial charge in [-0.3, -0.25) is 19.2 Å². The molecule has 0 spiro atoms. The zero-order valence-corrected chi connectivity index (χ0v) is 23.6. The van der Waals surface area contributed by atoms with Crippen molar-refractivity contribution < 1.29 is 29.0 Å². The summed E-state index contributed by atoms with van der Waals surface area (Å²) in [6.45, 7) is 1.54. The maximum atomic E-state index is 14.4. The molecular weight excluding hydrogens is 494 g/mol. The van der Waals surface area contributed by atoms with E-state index in [1.54, 1.807) is 0 Å². The Hall–Kier alpha value is -2.18. The second kappa shape index (κ2) is 12.6. The van der Waals surface area contributed by atoms with Crippen LogP contribution in [0.15, 0.2) is 11.3 Å². The summed E-state index contributed by atoms with van der Waals surface area (Å²) in [5.41, 5.74) is -0.0851. The van der Waals surface area contributed by atoms with E-state index in [0.29, 0.717) is 25.2 Å². The third-order valence-electron chi connectivity index (χ3n) is 10.8. The quantitative estimate of drug-likeness (QED) is 0.288. The van der Waals surface area contributed by atoms with E-state index >= 15 is 0 Å². The average Bonchev–Trinajstić information content (AvgIpc) is 3.29. The molecule has 0 bridgehead atoms. The predicted molar refractivity (Wildman–Crippen MR) is 144 cm³/mol. The highest BCUT2D eigenvalue weighted by molar-refractivity contribution is 6.06. The van der Waals surface area contributed by atoms with E-state index in [-0.39, 0.29) is 52.7 Å². The van der Waals surface area contributed by atoms with Crippen molar-refractivity contribution in [2.75, 3.05) is 0 Å². The second-order valence-electron chi connectivity index (χ2n) is 13.1. The highest BCUT2D eigenvalue weighted by atomic mass is 16.6. The summed E-state index contributed by atoms with van der Waals surface area (Å²) in [4.78, 5) is 53.1. The average molecular weight is 541 g/mol. The van der Waals surface area contributed by atoms with Gasteiger partial charge < -0.3 is 15.2 Å². The molecule has 1 N–H and O–H groups in total. The summed E-state index contributed by atoms with van der Waals surface area (Å²) in [5.74, 6) is -2.67. The first-order valence-electron chi connectivity index (χ1n) is 15.8. The Labute approximate surface area is 232 Å². The third kappa shape index (κ3) is 5.97. The number of Topliss-reactive ketones (excluding diaryl/α,β-unsaturated/α-hetero) is 2. The van der Waals surface area contributed by atoms with Crippen LogP contribution in [0.1, 0.15) is 116 Å². The van der Waals surface area contributed by atoms with Crippen molar-refractivity contribution in [2.24, 2.45) is 35.5 Å². The lowest BCUT2D eigenvalue weighted by molar-refractivity contribution is -0.301. The number of ketones is 2. The van der Waals surface area contributed by atoms with Crippen LogP contribution < -0.4 is 10.4 Å². The number of hydrogen-bond donors (Lipinski definition) is 1. The Kier molecular flexibility index (Phi) is 9.13. The van der Waals surface area contributed by atoms with Crippen LogP contribution in [0.5, 0.6) is 0 Å². The summed E-state index contributed by atoms with van der Waals surface area (Å²) in [5, 5.41) is 16.8. The van der Waals surface area contributed by atoms with Crippen molar-refractivity contribution in [1.82, 2.24) is 5.32 Å². The molecule has 5 fully saturated rings. The van der Waals surface area contributed by atoms with Gasteiger partial charge in [0.25, 0.3) is 0 Å². The summed E-state index contributed by atoms with van der Waals surface area (Å²) in [7, 11) is 0. The molecule has 39 heavy (non-hydrogen) atoms. The van der Waals surface area contributed by atoms with Crippen molar-refractivity contribution in [3.05, 3.63) is 11.3 Å². The normalized spacial score (nSPS) is 36.3. The maximum absolute atomic E-state index is 14.4. The van der Waals surface area contributed by atoms with Gasteiger partial charge in [-0.1, -0.05) is 70.6 Å². The lowest BCUT2D eigenvalue weighted by atomic mass is 9.65. The van der Waals surface area contributed by atoms with Crippen LogP contribution in [-0.4, -0.2) is 35.6 Å². The number of carbonyl (C=O) groups is 4. The minimum absolute atomic E-state index is 0.0139. The number of amides is 1. The minimum Gasteiger partial charge on any atom is -0.868 e. The number of nitrogens with one attached hydrogen (secondary N) is 1. The van der Waals surface area contributed by atoms with Crippen LogP contribution in [-0.2, 0) is 23.9 Å². The van der Waals surface area contributed by atoms with Crippen LogP contribution in [0.25, 0.3) is 0 Å². The number of fused-ring (bicyclic) bond motifs is 1. The minimum atomic E-state index is -0.933. The van der Waals surface area contributed by atoms with Gasteiger partial charge in [-0.2, -0.15) is 0 Å². The summed E-state index contributed by atoms with van der Waals surface area (Å²) >= 11 is 0.